The molecule has 2 nitrogen and oxygen atoms in total. The van der Waals surface area contributed by atoms with Crippen LogP contribution in [0.4, 0.5) is 0 Å². The minimum atomic E-state index is 0.639. The van der Waals surface area contributed by atoms with E-state index < -0.39 is 0 Å². The Morgan fingerprint density at radius 1 is 1.62 bits per heavy atom. The summed E-state index contributed by atoms with van der Waals surface area (Å²) >= 11 is 0. The van der Waals surface area contributed by atoms with Gasteiger partial charge in [-0.05, 0) is 19.8 Å². The maximum absolute atomic E-state index is 5.06. The molecule has 1 unspecified atom stereocenters. The topological polar surface area (TPSA) is 12.5 Å². The van der Waals surface area contributed by atoms with E-state index in [0.717, 1.165) is 6.54 Å². The van der Waals surface area contributed by atoms with Crippen molar-refractivity contribution in [2.24, 2.45) is 0 Å². The predicted octanol–water partition coefficient (Wildman–Crippen LogP) is 1.03. The van der Waals surface area contributed by atoms with Crippen LogP contribution >= 0.6 is 0 Å². The van der Waals surface area contributed by atoms with Crippen LogP contribution < -0.4 is 0 Å². The van der Waals surface area contributed by atoms with Gasteiger partial charge in [-0.3, -0.25) is 0 Å². The molecule has 8 heavy (non-hydrogen) atoms. The minimum absolute atomic E-state index is 0.639. The first-order valence-electron chi connectivity index (χ1n) is 3.15. The lowest BCUT2D eigenvalue weighted by molar-refractivity contribution is -0.136. The molecule has 0 aromatic rings. The van der Waals surface area contributed by atoms with Gasteiger partial charge in [0.15, 0.2) is 0 Å². The zero-order chi connectivity index (χ0) is 5.98. The molecular weight excluding hydrogens is 102 g/mol. The van der Waals surface area contributed by atoms with E-state index in [0.29, 0.717) is 6.04 Å². The van der Waals surface area contributed by atoms with Crippen LogP contribution in [0.2, 0.25) is 0 Å². The van der Waals surface area contributed by atoms with E-state index in [-0.39, 0.29) is 0 Å². The van der Waals surface area contributed by atoms with Crippen LogP contribution in [0.3, 0.4) is 0 Å². The summed E-state index contributed by atoms with van der Waals surface area (Å²) in [6.45, 7) is 3.30. The van der Waals surface area contributed by atoms with Crippen LogP contribution in [0.1, 0.15) is 19.8 Å². The number of nitrogens with zero attached hydrogens (tertiary/aromatic N) is 1. The first-order chi connectivity index (χ1) is 3.84. The summed E-state index contributed by atoms with van der Waals surface area (Å²) in [6, 6.07) is 0.639. The molecule has 0 N–H and O–H groups in total. The molecule has 0 radical (unpaired) electrons. The van der Waals surface area contributed by atoms with E-state index in [4.69, 9.17) is 4.84 Å². The summed E-state index contributed by atoms with van der Waals surface area (Å²) in [4.78, 5) is 5.06. The smallest absolute Gasteiger partial charge is 0.0575 e. The van der Waals surface area contributed by atoms with Crippen LogP contribution in [0.5, 0.6) is 0 Å². The van der Waals surface area contributed by atoms with Crippen molar-refractivity contribution in [2.75, 3.05) is 13.7 Å². The molecule has 48 valence electrons. The van der Waals surface area contributed by atoms with Crippen LogP contribution in [0.25, 0.3) is 0 Å². The molecule has 1 atom stereocenters. The Morgan fingerprint density at radius 2 is 2.38 bits per heavy atom. The molecule has 0 bridgehead atoms. The molecule has 0 aromatic heterocycles. The number of hydrogen-bond donors (Lipinski definition) is 0. The van der Waals surface area contributed by atoms with Gasteiger partial charge in [0, 0.05) is 12.6 Å². The van der Waals surface area contributed by atoms with Crippen molar-refractivity contribution in [1.82, 2.24) is 5.06 Å². The lowest BCUT2D eigenvalue weighted by atomic mass is 10.3. The van der Waals surface area contributed by atoms with E-state index in [1.807, 2.05) is 5.06 Å². The van der Waals surface area contributed by atoms with Crippen molar-refractivity contribution in [3.05, 3.63) is 0 Å². The van der Waals surface area contributed by atoms with Crippen LogP contribution in [-0.2, 0) is 4.84 Å². The first kappa shape index (κ1) is 6.05. The second kappa shape index (κ2) is 2.46. The van der Waals surface area contributed by atoms with Crippen molar-refractivity contribution in [2.45, 2.75) is 25.8 Å². The minimum Gasteiger partial charge on any atom is -0.302 e. The molecule has 0 spiro atoms. The van der Waals surface area contributed by atoms with E-state index in [1.54, 1.807) is 7.11 Å². The fourth-order valence-corrected chi connectivity index (χ4v) is 1.18. The Bertz CT molecular complexity index is 74.9. The molecule has 1 rings (SSSR count). The maximum Gasteiger partial charge on any atom is 0.0575 e. The normalized spacial score (nSPS) is 31.5. The molecule has 1 fully saturated rings. The average Bonchev–Trinajstić information content (AvgIpc) is 2.14. The molecule has 0 aliphatic carbocycles. The monoisotopic (exact) mass is 115 g/mol. The first-order valence-corrected chi connectivity index (χ1v) is 3.15. The molecule has 2 heteroatoms. The highest BCUT2D eigenvalue weighted by Crippen LogP contribution is 2.14. The highest BCUT2D eigenvalue weighted by Gasteiger charge is 2.18. The Kier molecular flexibility index (Phi) is 1.86. The second-order valence-electron chi connectivity index (χ2n) is 2.31. The Hall–Kier alpha value is -0.0800. The molecule has 1 aliphatic rings. The van der Waals surface area contributed by atoms with Crippen LogP contribution in [0, 0.1) is 0 Å². The lowest BCUT2D eigenvalue weighted by Gasteiger charge is -2.16. The molecule has 1 saturated heterocycles. The third-order valence-electron chi connectivity index (χ3n) is 1.73. The van der Waals surface area contributed by atoms with Gasteiger partial charge in [-0.1, -0.05) is 0 Å². The van der Waals surface area contributed by atoms with E-state index >= 15 is 0 Å². The van der Waals surface area contributed by atoms with Gasteiger partial charge < -0.3 is 4.84 Å². The largest absolute Gasteiger partial charge is 0.302 e. The Balaban J connectivity index is 2.30. The van der Waals surface area contributed by atoms with E-state index in [2.05, 4.69) is 6.92 Å². The standard InChI is InChI=1S/C6H13NO/c1-6-4-3-5-7(6)8-2/h6H,3-5H2,1-2H3. The third-order valence-corrected chi connectivity index (χ3v) is 1.73. The Morgan fingerprint density at radius 3 is 2.62 bits per heavy atom. The fraction of sp³-hybridized carbons (Fsp3) is 1.00. The zero-order valence-corrected chi connectivity index (χ0v) is 5.55. The van der Waals surface area contributed by atoms with Crippen molar-refractivity contribution >= 4 is 0 Å². The van der Waals surface area contributed by atoms with Crippen LogP contribution in [0.15, 0.2) is 0 Å². The number of rotatable bonds is 1. The van der Waals surface area contributed by atoms with E-state index in [9.17, 15) is 0 Å². The quantitative estimate of drug-likeness (QED) is 0.506. The van der Waals surface area contributed by atoms with Gasteiger partial charge in [0.05, 0.1) is 7.11 Å². The van der Waals surface area contributed by atoms with Crippen LogP contribution in [-0.4, -0.2) is 24.8 Å². The summed E-state index contributed by atoms with van der Waals surface area (Å²) in [7, 11) is 1.74. The van der Waals surface area contributed by atoms with Crippen molar-refractivity contribution in [3.8, 4) is 0 Å². The Labute approximate surface area is 50.4 Å². The predicted molar refractivity (Wildman–Crippen MR) is 32.4 cm³/mol. The lowest BCUT2D eigenvalue weighted by Crippen LogP contribution is -2.25. The van der Waals surface area contributed by atoms with Gasteiger partial charge in [0.25, 0.3) is 0 Å². The summed E-state index contributed by atoms with van der Waals surface area (Å²) in [5.41, 5.74) is 0. The van der Waals surface area contributed by atoms with Gasteiger partial charge in [-0.2, -0.15) is 5.06 Å². The van der Waals surface area contributed by atoms with Gasteiger partial charge in [0.1, 0.15) is 0 Å². The highest BCUT2D eigenvalue weighted by molar-refractivity contribution is 4.67. The highest BCUT2D eigenvalue weighted by atomic mass is 16.7. The molecule has 1 heterocycles. The number of hydroxylamine groups is 2. The van der Waals surface area contributed by atoms with Gasteiger partial charge >= 0.3 is 0 Å². The molecule has 0 saturated carbocycles. The summed E-state index contributed by atoms with van der Waals surface area (Å²) in [5, 5.41) is 2.03. The maximum atomic E-state index is 5.06. The fourth-order valence-electron chi connectivity index (χ4n) is 1.18. The summed E-state index contributed by atoms with van der Waals surface area (Å²) < 4.78 is 0. The van der Waals surface area contributed by atoms with Crippen molar-refractivity contribution < 1.29 is 4.84 Å². The molecular formula is C6H13NO. The van der Waals surface area contributed by atoms with Gasteiger partial charge in [-0.15, -0.1) is 0 Å². The van der Waals surface area contributed by atoms with Gasteiger partial charge in [-0.25, -0.2) is 0 Å². The summed E-state index contributed by atoms with van der Waals surface area (Å²) in [6.07, 6.45) is 2.57. The van der Waals surface area contributed by atoms with Gasteiger partial charge in [0.2, 0.25) is 0 Å². The zero-order valence-electron chi connectivity index (χ0n) is 5.55. The average molecular weight is 115 g/mol. The van der Waals surface area contributed by atoms with Crippen molar-refractivity contribution in [3.63, 3.8) is 0 Å². The molecule has 1 aliphatic heterocycles. The summed E-state index contributed by atoms with van der Waals surface area (Å²) in [5.74, 6) is 0. The SMILES string of the molecule is CON1CCCC1C. The van der Waals surface area contributed by atoms with Crippen molar-refractivity contribution in [1.29, 1.82) is 0 Å². The second-order valence-corrected chi connectivity index (χ2v) is 2.31. The van der Waals surface area contributed by atoms with E-state index in [1.165, 1.54) is 12.8 Å². The molecule has 0 amide bonds. The third kappa shape index (κ3) is 1.01. The molecule has 0 aromatic carbocycles. The number of hydrogen-bond acceptors (Lipinski definition) is 2.